The Morgan fingerprint density at radius 3 is 2.59 bits per heavy atom. The first-order valence-corrected chi connectivity index (χ1v) is 5.96. The molecule has 0 aliphatic carbocycles. The van der Waals surface area contributed by atoms with E-state index in [2.05, 4.69) is 10.6 Å². The first kappa shape index (κ1) is 12.0. The molecule has 2 saturated heterocycles. The summed E-state index contributed by atoms with van der Waals surface area (Å²) < 4.78 is 0. The van der Waals surface area contributed by atoms with Crippen LogP contribution in [-0.2, 0) is 14.4 Å². The molecule has 1 atom stereocenters. The van der Waals surface area contributed by atoms with Gasteiger partial charge in [-0.3, -0.25) is 19.7 Å². The Balaban J connectivity index is 1.78. The van der Waals surface area contributed by atoms with Crippen LogP contribution >= 0.6 is 0 Å². The zero-order chi connectivity index (χ0) is 12.3. The highest BCUT2D eigenvalue weighted by Crippen LogP contribution is 2.15. The van der Waals surface area contributed by atoms with Crippen LogP contribution in [0.4, 0.5) is 0 Å². The molecule has 2 fully saturated rings. The monoisotopic (exact) mass is 239 g/mol. The second kappa shape index (κ2) is 5.27. The molecule has 2 N–H and O–H groups in total. The number of hydrogen-bond donors (Lipinski definition) is 2. The average molecular weight is 239 g/mol. The van der Waals surface area contributed by atoms with Crippen LogP contribution < -0.4 is 10.6 Å². The van der Waals surface area contributed by atoms with Gasteiger partial charge in [0.25, 0.3) is 0 Å². The molecule has 3 amide bonds. The third-order valence-electron chi connectivity index (χ3n) is 3.23. The van der Waals surface area contributed by atoms with Crippen LogP contribution in [0.3, 0.4) is 0 Å². The highest BCUT2D eigenvalue weighted by atomic mass is 16.2. The molecule has 0 spiro atoms. The topological polar surface area (TPSA) is 78.5 Å². The van der Waals surface area contributed by atoms with E-state index in [4.69, 9.17) is 0 Å². The molecular weight excluding hydrogens is 222 g/mol. The molecule has 0 aromatic heterocycles. The number of hydrogen-bond acceptors (Lipinski definition) is 4. The first-order valence-electron chi connectivity index (χ1n) is 5.96. The minimum atomic E-state index is -0.392. The molecule has 2 aliphatic rings. The van der Waals surface area contributed by atoms with E-state index in [1.54, 1.807) is 0 Å². The number of piperazine rings is 1. The standard InChI is InChI=1S/C11H17N3O3/c15-9-6-14(7-10(16)13-9)11(17)2-1-8-3-4-12-5-8/h8,12H,1-7H2,(H,13,15,16). The van der Waals surface area contributed by atoms with Crippen LogP contribution in [0.25, 0.3) is 0 Å². The normalized spacial score (nSPS) is 24.9. The van der Waals surface area contributed by atoms with E-state index in [0.717, 1.165) is 25.9 Å². The fourth-order valence-electron chi connectivity index (χ4n) is 2.26. The summed E-state index contributed by atoms with van der Waals surface area (Å²) in [7, 11) is 0. The fourth-order valence-corrected chi connectivity index (χ4v) is 2.26. The number of nitrogens with one attached hydrogen (secondary N) is 2. The molecular formula is C11H17N3O3. The summed E-state index contributed by atoms with van der Waals surface area (Å²) in [5.41, 5.74) is 0. The lowest BCUT2D eigenvalue weighted by molar-refractivity contribution is -0.145. The first-order chi connectivity index (χ1) is 8.15. The second-order valence-electron chi connectivity index (χ2n) is 4.62. The van der Waals surface area contributed by atoms with Crippen LogP contribution in [0.2, 0.25) is 0 Å². The van der Waals surface area contributed by atoms with E-state index < -0.39 is 11.8 Å². The lowest BCUT2D eigenvalue weighted by Crippen LogP contribution is -2.53. The largest absolute Gasteiger partial charge is 0.324 e. The maximum atomic E-state index is 11.8. The second-order valence-corrected chi connectivity index (χ2v) is 4.62. The van der Waals surface area contributed by atoms with Gasteiger partial charge >= 0.3 is 0 Å². The smallest absolute Gasteiger partial charge is 0.246 e. The van der Waals surface area contributed by atoms with Crippen molar-refractivity contribution in [3.63, 3.8) is 0 Å². The van der Waals surface area contributed by atoms with Crippen LogP contribution in [0.1, 0.15) is 19.3 Å². The van der Waals surface area contributed by atoms with Gasteiger partial charge in [0, 0.05) is 6.42 Å². The van der Waals surface area contributed by atoms with Crippen molar-refractivity contribution in [3.05, 3.63) is 0 Å². The molecule has 94 valence electrons. The Morgan fingerprint density at radius 1 is 1.29 bits per heavy atom. The molecule has 0 bridgehead atoms. The Morgan fingerprint density at radius 2 is 2.00 bits per heavy atom. The molecule has 6 heteroatoms. The van der Waals surface area contributed by atoms with Gasteiger partial charge in [-0.15, -0.1) is 0 Å². The maximum Gasteiger partial charge on any atom is 0.246 e. The lowest BCUT2D eigenvalue weighted by Gasteiger charge is -2.25. The van der Waals surface area contributed by atoms with E-state index in [1.807, 2.05) is 0 Å². The summed E-state index contributed by atoms with van der Waals surface area (Å²) in [6.45, 7) is 2.00. The van der Waals surface area contributed by atoms with Crippen molar-refractivity contribution >= 4 is 17.7 Å². The summed E-state index contributed by atoms with van der Waals surface area (Å²) >= 11 is 0. The number of amides is 3. The summed E-state index contributed by atoms with van der Waals surface area (Å²) in [6, 6.07) is 0. The van der Waals surface area contributed by atoms with Gasteiger partial charge in [-0.25, -0.2) is 0 Å². The summed E-state index contributed by atoms with van der Waals surface area (Å²) in [5, 5.41) is 5.43. The van der Waals surface area contributed by atoms with E-state index >= 15 is 0 Å². The molecule has 6 nitrogen and oxygen atoms in total. The minimum absolute atomic E-state index is 0.00743. The van der Waals surface area contributed by atoms with Crippen molar-refractivity contribution in [2.24, 2.45) is 5.92 Å². The third-order valence-corrected chi connectivity index (χ3v) is 3.23. The predicted octanol–water partition coefficient (Wildman–Crippen LogP) is -1.14. The van der Waals surface area contributed by atoms with Gasteiger partial charge < -0.3 is 10.2 Å². The number of carbonyl (C=O) groups is 3. The molecule has 0 aromatic rings. The van der Waals surface area contributed by atoms with Crippen LogP contribution in [0.5, 0.6) is 0 Å². The Kier molecular flexibility index (Phi) is 3.73. The van der Waals surface area contributed by atoms with Gasteiger partial charge in [-0.05, 0) is 31.8 Å². The fraction of sp³-hybridized carbons (Fsp3) is 0.727. The van der Waals surface area contributed by atoms with Crippen LogP contribution in [0.15, 0.2) is 0 Å². The zero-order valence-electron chi connectivity index (χ0n) is 9.70. The van der Waals surface area contributed by atoms with Gasteiger partial charge in [0.05, 0.1) is 0 Å². The quantitative estimate of drug-likeness (QED) is 0.610. The molecule has 1 unspecified atom stereocenters. The SMILES string of the molecule is O=C1CN(C(=O)CCC2CCNC2)CC(=O)N1. The maximum absolute atomic E-state index is 11.8. The van der Waals surface area contributed by atoms with Crippen molar-refractivity contribution in [1.29, 1.82) is 0 Å². The Hall–Kier alpha value is -1.43. The molecule has 0 saturated carbocycles. The molecule has 0 aromatic carbocycles. The molecule has 2 rings (SSSR count). The summed E-state index contributed by atoms with van der Waals surface area (Å²) in [4.78, 5) is 35.4. The van der Waals surface area contributed by atoms with E-state index in [9.17, 15) is 14.4 Å². The molecule has 0 radical (unpaired) electrons. The Labute approximate surface area is 99.7 Å². The summed E-state index contributed by atoms with van der Waals surface area (Å²) in [5.74, 6) is -0.331. The highest BCUT2D eigenvalue weighted by Gasteiger charge is 2.26. The van der Waals surface area contributed by atoms with Crippen molar-refractivity contribution < 1.29 is 14.4 Å². The van der Waals surface area contributed by atoms with Gasteiger partial charge in [0.1, 0.15) is 13.1 Å². The minimum Gasteiger partial charge on any atom is -0.324 e. The van der Waals surface area contributed by atoms with E-state index in [1.165, 1.54) is 4.90 Å². The van der Waals surface area contributed by atoms with Gasteiger partial charge in [-0.2, -0.15) is 0 Å². The van der Waals surface area contributed by atoms with Gasteiger partial charge in [-0.1, -0.05) is 0 Å². The Bertz CT molecular complexity index is 321. The van der Waals surface area contributed by atoms with Crippen LogP contribution in [-0.4, -0.2) is 48.8 Å². The molecule has 2 aliphatic heterocycles. The van der Waals surface area contributed by atoms with Crippen molar-refractivity contribution in [1.82, 2.24) is 15.5 Å². The number of nitrogens with zero attached hydrogens (tertiary/aromatic N) is 1. The van der Waals surface area contributed by atoms with E-state index in [0.29, 0.717) is 12.3 Å². The zero-order valence-corrected chi connectivity index (χ0v) is 9.70. The van der Waals surface area contributed by atoms with Gasteiger partial charge in [0.2, 0.25) is 17.7 Å². The number of carbonyl (C=O) groups excluding carboxylic acids is 3. The van der Waals surface area contributed by atoms with Crippen molar-refractivity contribution in [3.8, 4) is 0 Å². The summed E-state index contributed by atoms with van der Waals surface area (Å²) in [6.07, 6.45) is 2.36. The number of rotatable bonds is 3. The van der Waals surface area contributed by atoms with E-state index in [-0.39, 0.29) is 19.0 Å². The highest BCUT2D eigenvalue weighted by molar-refractivity contribution is 6.02. The average Bonchev–Trinajstić information content (AvgIpc) is 2.77. The van der Waals surface area contributed by atoms with Crippen LogP contribution in [0, 0.1) is 5.92 Å². The number of imide groups is 1. The van der Waals surface area contributed by atoms with Crippen molar-refractivity contribution in [2.45, 2.75) is 19.3 Å². The molecule has 2 heterocycles. The van der Waals surface area contributed by atoms with Gasteiger partial charge in [0.15, 0.2) is 0 Å². The predicted molar refractivity (Wildman–Crippen MR) is 59.9 cm³/mol. The molecule has 17 heavy (non-hydrogen) atoms. The lowest BCUT2D eigenvalue weighted by atomic mass is 10.0. The van der Waals surface area contributed by atoms with Crippen molar-refractivity contribution in [2.75, 3.05) is 26.2 Å². The third kappa shape index (κ3) is 3.26.